The summed E-state index contributed by atoms with van der Waals surface area (Å²) in [6.45, 7) is 1.15. The van der Waals surface area contributed by atoms with Crippen molar-refractivity contribution >= 4 is 29.5 Å². The number of Topliss-reactive ketones (excluding diaryl/α,β-unsaturated/α-hetero) is 1. The fraction of sp³-hybridized carbons (Fsp3) is 0.190. The van der Waals surface area contributed by atoms with Gasteiger partial charge in [0, 0.05) is 23.1 Å². The number of aliphatic hydroxyl groups excluding tert-OH is 1. The van der Waals surface area contributed by atoms with Gasteiger partial charge in [-0.25, -0.2) is 14.4 Å². The Balaban J connectivity index is 2.50. The fourth-order valence-corrected chi connectivity index (χ4v) is 2.76. The van der Waals surface area contributed by atoms with Crippen LogP contribution in [0.4, 0.5) is 0 Å². The lowest BCUT2D eigenvalue weighted by Crippen LogP contribution is -2.14. The lowest BCUT2D eigenvalue weighted by Gasteiger charge is -2.10. The number of carboxylic acid groups (broad SMARTS) is 2. The lowest BCUT2D eigenvalue weighted by molar-refractivity contribution is 0.0514. The van der Waals surface area contributed by atoms with Crippen LogP contribution in [0.3, 0.4) is 0 Å². The summed E-state index contributed by atoms with van der Waals surface area (Å²) in [5.41, 5.74) is -1.41. The highest BCUT2D eigenvalue weighted by Crippen LogP contribution is 2.20. The van der Waals surface area contributed by atoms with E-state index >= 15 is 0 Å². The number of hydrogen-bond acceptors (Lipinski definition) is 7. The first-order valence-electron chi connectivity index (χ1n) is 8.81. The molecule has 0 aliphatic rings. The standard InChI is InChI=1S/C21H18O9/c1-2-30-21(29)14-6-4-12(10-16(14)20(27)28)18(24)11-3-5-13(17(23)7-8-22)15(9-11)19(25)26/h3-6,9-10,22H,2,7-8H2,1H3,(H,25,26)(H,27,28). The first-order valence-corrected chi connectivity index (χ1v) is 8.81. The van der Waals surface area contributed by atoms with Crippen molar-refractivity contribution in [3.63, 3.8) is 0 Å². The molecule has 3 N–H and O–H groups in total. The van der Waals surface area contributed by atoms with E-state index in [1.165, 1.54) is 18.2 Å². The van der Waals surface area contributed by atoms with Crippen molar-refractivity contribution in [1.29, 1.82) is 0 Å². The van der Waals surface area contributed by atoms with Crippen molar-refractivity contribution in [2.45, 2.75) is 13.3 Å². The molecular formula is C21H18O9. The van der Waals surface area contributed by atoms with E-state index in [1.807, 2.05) is 0 Å². The van der Waals surface area contributed by atoms with Crippen LogP contribution < -0.4 is 0 Å². The van der Waals surface area contributed by atoms with Gasteiger partial charge in [-0.1, -0.05) is 12.1 Å². The summed E-state index contributed by atoms with van der Waals surface area (Å²) >= 11 is 0. The van der Waals surface area contributed by atoms with Gasteiger partial charge in [0.25, 0.3) is 0 Å². The molecule has 0 spiro atoms. The SMILES string of the molecule is CCOC(=O)c1ccc(C(=O)c2ccc(C(=O)CCO)c(C(=O)O)c2)cc1C(=O)O. The summed E-state index contributed by atoms with van der Waals surface area (Å²) < 4.78 is 4.80. The van der Waals surface area contributed by atoms with E-state index in [0.29, 0.717) is 0 Å². The second-order valence-electron chi connectivity index (χ2n) is 6.08. The molecule has 2 rings (SSSR count). The molecule has 0 aliphatic heterocycles. The molecule has 0 bridgehead atoms. The molecule has 2 aromatic carbocycles. The highest BCUT2D eigenvalue weighted by Gasteiger charge is 2.23. The van der Waals surface area contributed by atoms with Crippen LogP contribution in [-0.2, 0) is 4.74 Å². The molecule has 9 nitrogen and oxygen atoms in total. The summed E-state index contributed by atoms with van der Waals surface area (Å²) in [6.07, 6.45) is -0.273. The Hall–Kier alpha value is -3.85. The number of esters is 1. The molecular weight excluding hydrogens is 396 g/mol. The van der Waals surface area contributed by atoms with Gasteiger partial charge in [0.1, 0.15) is 0 Å². The number of rotatable bonds is 9. The van der Waals surface area contributed by atoms with Gasteiger partial charge in [0.2, 0.25) is 0 Å². The van der Waals surface area contributed by atoms with Crippen molar-refractivity contribution in [1.82, 2.24) is 0 Å². The quantitative estimate of drug-likeness (QED) is 0.413. The average molecular weight is 414 g/mol. The maximum absolute atomic E-state index is 12.8. The first-order chi connectivity index (χ1) is 14.2. The first kappa shape index (κ1) is 22.4. The van der Waals surface area contributed by atoms with Gasteiger partial charge < -0.3 is 20.1 Å². The number of carbonyl (C=O) groups excluding carboxylic acids is 3. The number of ketones is 2. The minimum atomic E-state index is -1.44. The third kappa shape index (κ3) is 4.76. The van der Waals surface area contributed by atoms with Crippen LogP contribution in [0.25, 0.3) is 0 Å². The Morgan fingerprint density at radius 3 is 1.77 bits per heavy atom. The second kappa shape index (κ2) is 9.57. The number of carboxylic acids is 2. The molecule has 2 aromatic rings. The number of ether oxygens (including phenoxy) is 1. The van der Waals surface area contributed by atoms with E-state index in [4.69, 9.17) is 9.84 Å². The third-order valence-electron chi connectivity index (χ3n) is 4.16. The van der Waals surface area contributed by atoms with Gasteiger partial charge in [-0.15, -0.1) is 0 Å². The molecule has 9 heteroatoms. The Morgan fingerprint density at radius 2 is 1.30 bits per heavy atom. The zero-order valence-corrected chi connectivity index (χ0v) is 15.9. The zero-order chi connectivity index (χ0) is 22.4. The molecule has 0 fully saturated rings. The van der Waals surface area contributed by atoms with Crippen molar-refractivity contribution in [2.24, 2.45) is 0 Å². The molecule has 0 radical (unpaired) electrons. The molecule has 0 saturated carbocycles. The van der Waals surface area contributed by atoms with Crippen LogP contribution in [0, 0.1) is 0 Å². The van der Waals surface area contributed by atoms with Gasteiger partial charge >= 0.3 is 17.9 Å². The Labute approximate surface area is 170 Å². The molecule has 0 aliphatic carbocycles. The Bertz CT molecular complexity index is 955. The zero-order valence-electron chi connectivity index (χ0n) is 15.9. The Kier molecular flexibility index (Phi) is 7.16. The summed E-state index contributed by atoms with van der Waals surface area (Å²) in [7, 11) is 0. The molecule has 0 atom stereocenters. The van der Waals surface area contributed by atoms with E-state index in [1.54, 1.807) is 6.92 Å². The largest absolute Gasteiger partial charge is 0.478 e. The highest BCUT2D eigenvalue weighted by atomic mass is 16.5. The maximum Gasteiger partial charge on any atom is 0.338 e. The van der Waals surface area contributed by atoms with Crippen LogP contribution in [-0.4, -0.2) is 58.0 Å². The molecule has 0 amide bonds. The van der Waals surface area contributed by atoms with Gasteiger partial charge in [-0.3, -0.25) is 9.59 Å². The number of hydrogen-bond donors (Lipinski definition) is 3. The molecule has 30 heavy (non-hydrogen) atoms. The van der Waals surface area contributed by atoms with Crippen molar-refractivity contribution in [3.05, 3.63) is 69.8 Å². The van der Waals surface area contributed by atoms with Crippen LogP contribution >= 0.6 is 0 Å². The van der Waals surface area contributed by atoms with E-state index in [-0.39, 0.29) is 35.3 Å². The minimum absolute atomic E-state index is 0.0396. The Morgan fingerprint density at radius 1 is 0.800 bits per heavy atom. The molecule has 0 aromatic heterocycles. The summed E-state index contributed by atoms with van der Waals surface area (Å²) in [4.78, 5) is 59.7. The van der Waals surface area contributed by atoms with Gasteiger partial charge in [-0.05, 0) is 31.2 Å². The predicted octanol–water partition coefficient (Wildman–Crippen LogP) is 2.06. The third-order valence-corrected chi connectivity index (χ3v) is 4.16. The topological polar surface area (TPSA) is 155 Å². The molecule has 0 saturated heterocycles. The van der Waals surface area contributed by atoms with Crippen LogP contribution in [0.5, 0.6) is 0 Å². The maximum atomic E-state index is 12.8. The number of benzene rings is 2. The van der Waals surface area contributed by atoms with Gasteiger partial charge in [-0.2, -0.15) is 0 Å². The smallest absolute Gasteiger partial charge is 0.338 e. The highest BCUT2D eigenvalue weighted by molar-refractivity contribution is 6.14. The normalized spacial score (nSPS) is 10.3. The van der Waals surface area contributed by atoms with E-state index in [0.717, 1.165) is 18.2 Å². The fourth-order valence-electron chi connectivity index (χ4n) is 2.76. The number of aromatic carboxylic acids is 2. The van der Waals surface area contributed by atoms with Crippen LogP contribution in [0.2, 0.25) is 0 Å². The van der Waals surface area contributed by atoms with Crippen LogP contribution in [0.15, 0.2) is 36.4 Å². The monoisotopic (exact) mass is 414 g/mol. The van der Waals surface area contributed by atoms with E-state index < -0.39 is 47.2 Å². The summed E-state index contributed by atoms with van der Waals surface area (Å²) in [5, 5.41) is 27.6. The molecule has 0 unspecified atom stereocenters. The minimum Gasteiger partial charge on any atom is -0.478 e. The van der Waals surface area contributed by atoms with Gasteiger partial charge in [0.15, 0.2) is 11.6 Å². The predicted molar refractivity (Wildman–Crippen MR) is 102 cm³/mol. The van der Waals surface area contributed by atoms with E-state index in [2.05, 4.69) is 0 Å². The average Bonchev–Trinajstić information content (AvgIpc) is 2.72. The number of carbonyl (C=O) groups is 5. The second-order valence-corrected chi connectivity index (χ2v) is 6.08. The van der Waals surface area contributed by atoms with E-state index in [9.17, 15) is 34.2 Å². The van der Waals surface area contributed by atoms with Crippen molar-refractivity contribution in [3.8, 4) is 0 Å². The molecule has 0 heterocycles. The summed E-state index contributed by atoms with van der Waals surface area (Å²) in [5.74, 6) is -5.02. The van der Waals surface area contributed by atoms with Crippen LogP contribution in [0.1, 0.15) is 70.7 Å². The van der Waals surface area contributed by atoms with Crippen molar-refractivity contribution in [2.75, 3.05) is 13.2 Å². The lowest BCUT2D eigenvalue weighted by atomic mass is 9.94. The van der Waals surface area contributed by atoms with Gasteiger partial charge in [0.05, 0.1) is 29.9 Å². The number of aliphatic hydroxyl groups is 1. The van der Waals surface area contributed by atoms with Crippen molar-refractivity contribution < 1.29 is 44.0 Å². The molecule has 156 valence electrons. The summed E-state index contributed by atoms with van der Waals surface area (Å²) in [6, 6.07) is 6.79.